The van der Waals surface area contributed by atoms with E-state index in [1.54, 1.807) is 6.20 Å². The van der Waals surface area contributed by atoms with Crippen LogP contribution in [0.2, 0.25) is 18.1 Å². The van der Waals surface area contributed by atoms with E-state index in [-0.39, 0.29) is 10.9 Å². The minimum Gasteiger partial charge on any atom is -0.452 e. The monoisotopic (exact) mass is 543 g/mol. The van der Waals surface area contributed by atoms with Crippen molar-refractivity contribution in [1.29, 1.82) is 0 Å². The minimum atomic E-state index is -1.76. The first kappa shape index (κ1) is 25.8. The van der Waals surface area contributed by atoms with Crippen molar-refractivity contribution in [1.82, 2.24) is 20.1 Å². The van der Waals surface area contributed by atoms with Gasteiger partial charge in [-0.05, 0) is 61.5 Å². The molecule has 1 amide bonds. The van der Waals surface area contributed by atoms with Gasteiger partial charge < -0.3 is 19.9 Å². The molecule has 3 aromatic heterocycles. The van der Waals surface area contributed by atoms with Crippen LogP contribution in [-0.2, 0) is 11.0 Å². The van der Waals surface area contributed by atoms with E-state index in [1.165, 1.54) is 0 Å². The highest BCUT2D eigenvalue weighted by Crippen LogP contribution is 2.41. The van der Waals surface area contributed by atoms with Crippen molar-refractivity contribution in [2.75, 3.05) is 5.73 Å². The topological polar surface area (TPSA) is 108 Å². The molecule has 8 nitrogen and oxygen atoms in total. The molecule has 1 aromatic carbocycles. The van der Waals surface area contributed by atoms with Crippen molar-refractivity contribution in [3.05, 3.63) is 54.0 Å². The van der Waals surface area contributed by atoms with Crippen LogP contribution in [0.15, 0.2) is 47.3 Å². The number of nitrogens with one attached hydrogen (secondary N) is 1. The third-order valence-electron chi connectivity index (χ3n) is 8.86. The number of carbonyl (C=O) groups is 1. The van der Waals surface area contributed by atoms with Gasteiger partial charge in [-0.15, -0.1) is 0 Å². The molecular formula is C30H37N5O3Si. The van der Waals surface area contributed by atoms with Gasteiger partial charge in [0.05, 0.1) is 12.2 Å². The Hall–Kier alpha value is -3.43. The summed E-state index contributed by atoms with van der Waals surface area (Å²) in [5.41, 5.74) is 11.2. The van der Waals surface area contributed by atoms with Gasteiger partial charge in [0.2, 0.25) is 0 Å². The molecular weight excluding hydrogens is 506 g/mol. The summed E-state index contributed by atoms with van der Waals surface area (Å²) in [6, 6.07) is 8.16. The first-order chi connectivity index (χ1) is 18.5. The predicted molar refractivity (Wildman–Crippen MR) is 156 cm³/mol. The van der Waals surface area contributed by atoms with Crippen LogP contribution in [0.1, 0.15) is 68.4 Å². The fourth-order valence-corrected chi connectivity index (χ4v) is 6.90. The molecule has 4 heterocycles. The molecule has 204 valence electrons. The molecule has 0 saturated heterocycles. The van der Waals surface area contributed by atoms with Crippen LogP contribution in [-0.4, -0.2) is 35.1 Å². The molecule has 4 aromatic rings. The number of nitrogens with zero attached hydrogens (tertiary/aromatic N) is 3. The molecule has 1 aliphatic heterocycles. The van der Waals surface area contributed by atoms with Gasteiger partial charge in [0, 0.05) is 52.7 Å². The van der Waals surface area contributed by atoms with Crippen LogP contribution < -0.4 is 11.1 Å². The number of aromatic nitrogens is 3. The van der Waals surface area contributed by atoms with Crippen molar-refractivity contribution in [3.8, 4) is 22.5 Å². The molecule has 0 unspecified atom stereocenters. The van der Waals surface area contributed by atoms with Crippen molar-refractivity contribution < 1.29 is 13.6 Å². The highest BCUT2D eigenvalue weighted by Gasteiger charge is 2.40. The Morgan fingerprint density at radius 2 is 1.85 bits per heavy atom. The van der Waals surface area contributed by atoms with E-state index in [9.17, 15) is 4.79 Å². The standard InChI is InChI=1S/C30H37N5O3Si/c1-30(2,3)39(4,5)38-22-10-8-21(9-11-22)35-17-20(15-34-35)25-16-32-28(31)27-24(25)13-26(37-27)18-6-7-19-14-33-29(36)23(19)12-18/h6-7,12-13,15-17,21-22H,8-11,14H2,1-5H3,(H2,31,32)(H,33,36). The predicted octanol–water partition coefficient (Wildman–Crippen LogP) is 6.69. The highest BCUT2D eigenvalue weighted by atomic mass is 28.4. The second-order valence-electron chi connectivity index (χ2n) is 12.5. The molecule has 0 spiro atoms. The lowest BCUT2D eigenvalue weighted by Crippen LogP contribution is -2.44. The molecule has 9 heteroatoms. The molecule has 2 aliphatic rings. The number of furan rings is 1. The number of hydrogen-bond donors (Lipinski definition) is 2. The van der Waals surface area contributed by atoms with E-state index in [1.807, 2.05) is 30.5 Å². The van der Waals surface area contributed by atoms with Crippen molar-refractivity contribution >= 4 is 31.0 Å². The maximum absolute atomic E-state index is 12.2. The quantitative estimate of drug-likeness (QED) is 0.272. The van der Waals surface area contributed by atoms with Crippen molar-refractivity contribution in [3.63, 3.8) is 0 Å². The van der Waals surface area contributed by atoms with Crippen LogP contribution in [0.25, 0.3) is 33.4 Å². The highest BCUT2D eigenvalue weighted by molar-refractivity contribution is 6.74. The first-order valence-electron chi connectivity index (χ1n) is 13.8. The number of anilines is 1. The van der Waals surface area contributed by atoms with Crippen LogP contribution in [0.5, 0.6) is 0 Å². The van der Waals surface area contributed by atoms with E-state index in [2.05, 4.69) is 55.0 Å². The summed E-state index contributed by atoms with van der Waals surface area (Å²) < 4.78 is 15.0. The normalized spacial score (nSPS) is 19.9. The first-order valence-corrected chi connectivity index (χ1v) is 16.7. The average Bonchev–Trinajstić information content (AvgIpc) is 3.63. The summed E-state index contributed by atoms with van der Waals surface area (Å²) in [7, 11) is -1.76. The van der Waals surface area contributed by atoms with Crippen LogP contribution in [0, 0.1) is 0 Å². The van der Waals surface area contributed by atoms with Gasteiger partial charge in [-0.2, -0.15) is 5.10 Å². The SMILES string of the molecule is CC(C)(C)[Si](C)(C)OC1CCC(n2cc(-c3cnc(N)c4oc(-c5ccc6c(c5)C(=O)NC6)cc34)cn2)CC1. The average molecular weight is 544 g/mol. The molecule has 1 aliphatic carbocycles. The minimum absolute atomic E-state index is 0.0576. The molecule has 0 bridgehead atoms. The smallest absolute Gasteiger partial charge is 0.251 e. The summed E-state index contributed by atoms with van der Waals surface area (Å²) in [4.78, 5) is 16.6. The molecule has 1 saturated carbocycles. The van der Waals surface area contributed by atoms with Gasteiger partial charge in [-0.1, -0.05) is 32.9 Å². The number of carbonyl (C=O) groups excluding carboxylic acids is 1. The van der Waals surface area contributed by atoms with Gasteiger partial charge in [0.25, 0.3) is 5.91 Å². The number of rotatable bonds is 5. The number of nitrogen functional groups attached to an aromatic ring is 1. The molecule has 0 atom stereocenters. The summed E-state index contributed by atoms with van der Waals surface area (Å²) in [5, 5.41) is 8.72. The van der Waals surface area contributed by atoms with Gasteiger partial charge >= 0.3 is 0 Å². The molecule has 0 radical (unpaired) electrons. The summed E-state index contributed by atoms with van der Waals surface area (Å²) >= 11 is 0. The lowest BCUT2D eigenvalue weighted by molar-refractivity contribution is 0.0965. The van der Waals surface area contributed by atoms with Gasteiger partial charge in [-0.25, -0.2) is 4.98 Å². The molecule has 3 N–H and O–H groups in total. The number of fused-ring (bicyclic) bond motifs is 2. The zero-order chi connectivity index (χ0) is 27.5. The van der Waals surface area contributed by atoms with Gasteiger partial charge in [0.15, 0.2) is 19.7 Å². The third kappa shape index (κ3) is 4.67. The largest absolute Gasteiger partial charge is 0.452 e. The summed E-state index contributed by atoms with van der Waals surface area (Å²) in [6.45, 7) is 12.1. The zero-order valence-corrected chi connectivity index (χ0v) is 24.4. The van der Waals surface area contributed by atoms with E-state index in [4.69, 9.17) is 19.7 Å². The van der Waals surface area contributed by atoms with Crippen LogP contribution >= 0.6 is 0 Å². The summed E-state index contributed by atoms with van der Waals surface area (Å²) in [6.07, 6.45) is 10.4. The number of pyridine rings is 1. The Kier molecular flexibility index (Phi) is 6.19. The van der Waals surface area contributed by atoms with E-state index in [0.717, 1.165) is 53.3 Å². The molecule has 1 fully saturated rings. The van der Waals surface area contributed by atoms with Crippen molar-refractivity contribution in [2.45, 2.75) is 83.3 Å². The van der Waals surface area contributed by atoms with Crippen LogP contribution in [0.3, 0.4) is 0 Å². The number of hydrogen-bond acceptors (Lipinski definition) is 6. The van der Waals surface area contributed by atoms with Gasteiger partial charge in [-0.3, -0.25) is 9.48 Å². The Morgan fingerprint density at radius 3 is 2.59 bits per heavy atom. The Labute approximate surface area is 230 Å². The lowest BCUT2D eigenvalue weighted by Gasteiger charge is -2.41. The van der Waals surface area contributed by atoms with E-state index in [0.29, 0.717) is 41.4 Å². The molecule has 39 heavy (non-hydrogen) atoms. The van der Waals surface area contributed by atoms with Crippen LogP contribution in [0.4, 0.5) is 5.82 Å². The number of nitrogens with two attached hydrogens (primary N) is 1. The number of amides is 1. The second kappa shape index (κ2) is 9.34. The van der Waals surface area contributed by atoms with E-state index < -0.39 is 8.32 Å². The maximum Gasteiger partial charge on any atom is 0.251 e. The fraction of sp³-hybridized carbons (Fsp3) is 0.433. The Morgan fingerprint density at radius 1 is 1.08 bits per heavy atom. The second-order valence-corrected chi connectivity index (χ2v) is 17.2. The zero-order valence-electron chi connectivity index (χ0n) is 23.4. The van der Waals surface area contributed by atoms with Gasteiger partial charge in [0.1, 0.15) is 5.76 Å². The maximum atomic E-state index is 12.2. The van der Waals surface area contributed by atoms with Crippen molar-refractivity contribution in [2.24, 2.45) is 0 Å². The lowest BCUT2D eigenvalue weighted by atomic mass is 9.93. The Balaban J connectivity index is 1.23. The van der Waals surface area contributed by atoms with E-state index >= 15 is 0 Å². The summed E-state index contributed by atoms with van der Waals surface area (Å²) in [5.74, 6) is 0.935. The Bertz CT molecular complexity index is 1560. The molecule has 6 rings (SSSR count). The fourth-order valence-electron chi connectivity index (χ4n) is 5.48. The number of benzene rings is 1. The third-order valence-corrected chi connectivity index (χ3v) is 13.4.